The fourth-order valence-corrected chi connectivity index (χ4v) is 4.15. The van der Waals surface area contributed by atoms with Crippen molar-refractivity contribution < 1.29 is 8.95 Å². The lowest BCUT2D eigenvalue weighted by Crippen LogP contribution is -2.52. The molecule has 1 atom stereocenters. The van der Waals surface area contributed by atoms with Crippen molar-refractivity contribution in [2.45, 2.75) is 11.0 Å². The van der Waals surface area contributed by atoms with Gasteiger partial charge in [-0.25, -0.2) is 8.51 Å². The summed E-state index contributed by atoms with van der Waals surface area (Å²) in [5.74, 6) is 0. The first-order valence-electron chi connectivity index (χ1n) is 8.66. The van der Waals surface area contributed by atoms with E-state index in [0.717, 1.165) is 40.4 Å². The van der Waals surface area contributed by atoms with Crippen LogP contribution in [0.25, 0.3) is 22.2 Å². The van der Waals surface area contributed by atoms with Gasteiger partial charge in [-0.2, -0.15) is 0 Å². The van der Waals surface area contributed by atoms with Gasteiger partial charge in [-0.05, 0) is 44.4 Å². The van der Waals surface area contributed by atoms with E-state index >= 15 is 0 Å². The Hall–Kier alpha value is -2.15. The number of anilines is 1. The van der Waals surface area contributed by atoms with Crippen molar-refractivity contribution >= 4 is 27.6 Å². The van der Waals surface area contributed by atoms with Crippen molar-refractivity contribution in [2.24, 2.45) is 0 Å². The fourth-order valence-electron chi connectivity index (χ4n) is 3.33. The number of ether oxygens (including phenoxy) is 1. The van der Waals surface area contributed by atoms with Gasteiger partial charge in [-0.15, -0.1) is 0 Å². The van der Waals surface area contributed by atoms with Crippen LogP contribution in [0.15, 0.2) is 53.4 Å². The molecule has 1 unspecified atom stereocenters. The normalized spacial score (nSPS) is 16.2. The quantitative estimate of drug-likeness (QED) is 0.751. The molecule has 0 radical (unpaired) electrons. The van der Waals surface area contributed by atoms with Crippen LogP contribution in [0.1, 0.15) is 0 Å². The van der Waals surface area contributed by atoms with Crippen LogP contribution in [0.5, 0.6) is 0 Å². The van der Waals surface area contributed by atoms with E-state index in [-0.39, 0.29) is 6.10 Å². The Bertz CT molecular complexity index is 928. The minimum absolute atomic E-state index is 0.279. The molecule has 0 spiro atoms. The molecule has 1 saturated heterocycles. The second-order valence-corrected chi connectivity index (χ2v) is 8.47. The molecule has 3 aromatic rings. The Morgan fingerprint density at radius 2 is 1.92 bits per heavy atom. The van der Waals surface area contributed by atoms with Crippen molar-refractivity contribution in [3.05, 3.63) is 48.5 Å². The average molecular weight is 369 g/mol. The molecule has 4 rings (SSSR count). The maximum atomic E-state index is 12.6. The molecule has 0 saturated carbocycles. The van der Waals surface area contributed by atoms with Crippen LogP contribution in [0.3, 0.4) is 0 Å². The molecule has 6 heteroatoms. The number of aromatic nitrogens is 1. The molecule has 2 aromatic carbocycles. The third-order valence-corrected chi connectivity index (χ3v) is 6.16. The van der Waals surface area contributed by atoms with E-state index in [0.29, 0.717) is 0 Å². The average Bonchev–Trinajstić information content (AvgIpc) is 3.04. The molecule has 0 bridgehead atoms. The number of para-hydroxylation sites is 1. The summed E-state index contributed by atoms with van der Waals surface area (Å²) in [7, 11) is 4.23. The lowest BCUT2D eigenvalue weighted by atomic mass is 10.0. The standard InChI is InChI=1S/C20H23N3O2S/c1-22(2)26(24)16-8-9-20(23-12-15(13-23)25-3)17(11-16)19-10-14-6-4-5-7-18(14)21-19/h4-11,15,21H,12-13H2,1-3H3. The van der Waals surface area contributed by atoms with Gasteiger partial charge < -0.3 is 14.6 Å². The Morgan fingerprint density at radius 1 is 1.15 bits per heavy atom. The molecule has 0 amide bonds. The lowest BCUT2D eigenvalue weighted by molar-refractivity contribution is 0.0788. The largest absolute Gasteiger partial charge is 0.378 e. The Morgan fingerprint density at radius 3 is 2.62 bits per heavy atom. The molecule has 136 valence electrons. The number of nitrogens with zero attached hydrogens (tertiary/aromatic N) is 2. The van der Waals surface area contributed by atoms with E-state index in [1.54, 1.807) is 11.4 Å². The smallest absolute Gasteiger partial charge is 0.127 e. The maximum Gasteiger partial charge on any atom is 0.127 e. The predicted molar refractivity (Wildman–Crippen MR) is 107 cm³/mol. The number of rotatable bonds is 5. The van der Waals surface area contributed by atoms with Gasteiger partial charge in [-0.3, -0.25) is 0 Å². The van der Waals surface area contributed by atoms with E-state index in [2.05, 4.69) is 34.1 Å². The molecule has 1 aromatic heterocycles. The van der Waals surface area contributed by atoms with Crippen molar-refractivity contribution in [3.63, 3.8) is 0 Å². The summed E-state index contributed by atoms with van der Waals surface area (Å²) in [5.41, 5.74) is 4.36. The second kappa shape index (κ2) is 6.87. The Labute approximate surface area is 156 Å². The van der Waals surface area contributed by atoms with Crippen LogP contribution in [-0.4, -0.2) is 53.9 Å². The summed E-state index contributed by atoms with van der Waals surface area (Å²) in [6.45, 7) is 1.75. The number of H-pyrrole nitrogens is 1. The number of hydrogen-bond acceptors (Lipinski definition) is 3. The number of methoxy groups -OCH3 is 1. The fraction of sp³-hybridized carbons (Fsp3) is 0.300. The Kier molecular flexibility index (Phi) is 4.56. The number of benzene rings is 2. The van der Waals surface area contributed by atoms with Crippen molar-refractivity contribution in [1.29, 1.82) is 0 Å². The summed E-state index contributed by atoms with van der Waals surface area (Å²) < 4.78 is 19.7. The van der Waals surface area contributed by atoms with Crippen molar-refractivity contribution in [2.75, 3.05) is 39.2 Å². The number of hydrogen-bond donors (Lipinski definition) is 1. The zero-order valence-electron chi connectivity index (χ0n) is 15.2. The van der Waals surface area contributed by atoms with Gasteiger partial charge in [0.1, 0.15) is 11.0 Å². The van der Waals surface area contributed by atoms with Gasteiger partial charge in [-0.1, -0.05) is 18.2 Å². The summed E-state index contributed by atoms with van der Waals surface area (Å²) in [5, 5.41) is 1.17. The molecule has 1 fully saturated rings. The van der Waals surface area contributed by atoms with Crippen LogP contribution in [0.4, 0.5) is 5.69 Å². The van der Waals surface area contributed by atoms with Crippen molar-refractivity contribution in [3.8, 4) is 11.3 Å². The minimum atomic E-state index is -1.17. The molecule has 1 aliphatic heterocycles. The predicted octanol–water partition coefficient (Wildman–Crippen LogP) is 3.25. The Balaban J connectivity index is 1.80. The van der Waals surface area contributed by atoms with E-state index in [1.807, 2.05) is 38.4 Å². The zero-order valence-corrected chi connectivity index (χ0v) is 16.0. The maximum absolute atomic E-state index is 12.6. The highest BCUT2D eigenvalue weighted by Gasteiger charge is 2.29. The molecular weight excluding hydrogens is 346 g/mol. The van der Waals surface area contributed by atoms with Crippen LogP contribution in [0.2, 0.25) is 0 Å². The third-order valence-electron chi connectivity index (χ3n) is 4.84. The minimum Gasteiger partial charge on any atom is -0.378 e. The molecule has 0 aliphatic carbocycles. The highest BCUT2D eigenvalue weighted by atomic mass is 32.2. The van der Waals surface area contributed by atoms with Gasteiger partial charge in [0.15, 0.2) is 0 Å². The molecule has 5 nitrogen and oxygen atoms in total. The van der Waals surface area contributed by atoms with E-state index in [4.69, 9.17) is 4.74 Å². The summed E-state index contributed by atoms with van der Waals surface area (Å²) in [6.07, 6.45) is 0.279. The first-order valence-corrected chi connectivity index (χ1v) is 9.76. The first-order chi connectivity index (χ1) is 12.6. The van der Waals surface area contributed by atoms with Crippen LogP contribution < -0.4 is 4.90 Å². The SMILES string of the molecule is COC1CN(c2ccc(S(=O)N(C)C)cc2-c2cc3ccccc3[nH]2)C1. The van der Waals surface area contributed by atoms with Crippen LogP contribution in [-0.2, 0) is 15.7 Å². The highest BCUT2D eigenvalue weighted by molar-refractivity contribution is 7.82. The monoisotopic (exact) mass is 369 g/mol. The van der Waals surface area contributed by atoms with E-state index in [9.17, 15) is 4.21 Å². The number of aromatic amines is 1. The van der Waals surface area contributed by atoms with Crippen LogP contribution >= 0.6 is 0 Å². The van der Waals surface area contributed by atoms with Gasteiger partial charge in [0.25, 0.3) is 0 Å². The topological polar surface area (TPSA) is 48.6 Å². The molecule has 26 heavy (non-hydrogen) atoms. The summed E-state index contributed by atoms with van der Waals surface area (Å²) in [4.78, 5) is 6.61. The molecule has 1 aliphatic rings. The van der Waals surface area contributed by atoms with Crippen molar-refractivity contribution in [1.82, 2.24) is 9.29 Å². The summed E-state index contributed by atoms with van der Waals surface area (Å²) >= 11 is 0. The van der Waals surface area contributed by atoms with Gasteiger partial charge in [0.05, 0.1) is 11.0 Å². The molecule has 1 N–H and O–H groups in total. The van der Waals surface area contributed by atoms with E-state index in [1.165, 1.54) is 5.39 Å². The van der Waals surface area contributed by atoms with Crippen LogP contribution in [0, 0.1) is 0 Å². The second-order valence-electron chi connectivity index (χ2n) is 6.77. The summed E-state index contributed by atoms with van der Waals surface area (Å²) in [6, 6.07) is 16.5. The third kappa shape index (κ3) is 3.05. The van der Waals surface area contributed by atoms with Gasteiger partial charge in [0.2, 0.25) is 0 Å². The number of nitrogens with one attached hydrogen (secondary N) is 1. The lowest BCUT2D eigenvalue weighted by Gasteiger charge is -2.41. The zero-order chi connectivity index (χ0) is 18.3. The van der Waals surface area contributed by atoms with E-state index < -0.39 is 11.0 Å². The molecule has 2 heterocycles. The highest BCUT2D eigenvalue weighted by Crippen LogP contribution is 2.36. The van der Waals surface area contributed by atoms with Gasteiger partial charge in [0, 0.05) is 48.0 Å². The first kappa shape index (κ1) is 17.3. The number of fused-ring (bicyclic) bond motifs is 1. The van der Waals surface area contributed by atoms with Gasteiger partial charge >= 0.3 is 0 Å². The molecular formula is C20H23N3O2S.